The summed E-state index contributed by atoms with van der Waals surface area (Å²) in [5, 5.41) is 5.01. The van der Waals surface area contributed by atoms with Crippen LogP contribution in [0.25, 0.3) is 96.0 Å². The smallest absolute Gasteiger partial charge is 0.0475 e. The molecular weight excluding hydrogens is 957 g/mol. The van der Waals surface area contributed by atoms with Gasteiger partial charge in [0.2, 0.25) is 0 Å². The molecule has 0 amide bonds. The van der Waals surface area contributed by atoms with Crippen molar-refractivity contribution in [1.82, 2.24) is 0 Å². The molecule has 358 valence electrons. The zero-order chi connectivity index (χ0) is 50.4. The number of para-hydroxylation sites is 2. The van der Waals surface area contributed by atoms with Crippen LogP contribution in [0.1, 0.15) is 0 Å². The van der Waals surface area contributed by atoms with Gasteiger partial charge in [0.05, 0.1) is 0 Å². The maximum atomic E-state index is 2.44. The molecule has 76 heavy (non-hydrogen) atoms. The van der Waals surface area contributed by atoms with E-state index >= 15 is 0 Å². The van der Waals surface area contributed by atoms with Crippen LogP contribution in [0.15, 0.2) is 291 Å². The number of hydrogen-bond donors (Lipinski definition) is 0. The largest absolute Gasteiger partial charge is 0.310 e. The van der Waals surface area contributed by atoms with E-state index in [9.17, 15) is 0 Å². The zero-order valence-corrected chi connectivity index (χ0v) is 43.1. The second-order valence-corrected chi connectivity index (χ2v) is 21.3. The second kappa shape index (κ2) is 19.5. The first kappa shape index (κ1) is 45.3. The first-order valence-electron chi connectivity index (χ1n) is 25.8. The summed E-state index contributed by atoms with van der Waals surface area (Å²) in [6.07, 6.45) is 0. The third kappa shape index (κ3) is 8.22. The molecular formula is C72H48N2S2. The van der Waals surface area contributed by atoms with Gasteiger partial charge in [-0.15, -0.1) is 22.7 Å². The van der Waals surface area contributed by atoms with Crippen molar-refractivity contribution in [1.29, 1.82) is 0 Å². The van der Waals surface area contributed by atoms with E-state index in [0.29, 0.717) is 0 Å². The van der Waals surface area contributed by atoms with Gasteiger partial charge in [-0.1, -0.05) is 206 Å². The average Bonchev–Trinajstić information content (AvgIpc) is 4.16. The Morgan fingerprint density at radius 3 is 1.03 bits per heavy atom. The lowest BCUT2D eigenvalue weighted by molar-refractivity contribution is 1.29. The molecule has 2 aromatic heterocycles. The molecule has 0 N–H and O–H groups in total. The van der Waals surface area contributed by atoms with E-state index in [-0.39, 0.29) is 0 Å². The van der Waals surface area contributed by atoms with Crippen LogP contribution in [-0.4, -0.2) is 0 Å². The van der Waals surface area contributed by atoms with Crippen molar-refractivity contribution in [3.05, 3.63) is 291 Å². The minimum absolute atomic E-state index is 1.10. The van der Waals surface area contributed by atoms with Gasteiger partial charge in [-0.25, -0.2) is 0 Å². The summed E-state index contributed by atoms with van der Waals surface area (Å²) in [7, 11) is 0. The molecule has 0 saturated heterocycles. The monoisotopic (exact) mass is 1000 g/mol. The van der Waals surface area contributed by atoms with E-state index in [1.165, 1.54) is 96.0 Å². The third-order valence-electron chi connectivity index (χ3n) is 14.6. The lowest BCUT2D eigenvalue weighted by Crippen LogP contribution is -2.10. The van der Waals surface area contributed by atoms with Gasteiger partial charge in [0.1, 0.15) is 0 Å². The Balaban J connectivity index is 0.982. The van der Waals surface area contributed by atoms with Crippen LogP contribution in [0, 0.1) is 0 Å². The quantitative estimate of drug-likeness (QED) is 0.127. The van der Waals surface area contributed by atoms with Crippen LogP contribution in [0.2, 0.25) is 0 Å². The van der Waals surface area contributed by atoms with Gasteiger partial charge >= 0.3 is 0 Å². The van der Waals surface area contributed by atoms with Gasteiger partial charge in [-0.05, 0) is 129 Å². The van der Waals surface area contributed by atoms with Crippen LogP contribution in [0.4, 0.5) is 34.1 Å². The highest BCUT2D eigenvalue weighted by Crippen LogP contribution is 2.51. The SMILES string of the molecule is c1ccc(-c2ccc(N(c3ccccc3)c3cc(-c4ccccc4-c4ccccc4-c4cc(N(c5ccccc5)c5cccc(-c6ccccc6)c5)cc5c4sc4ccccc45)c4sc5ccccc5c4c3)cc2)cc1. The van der Waals surface area contributed by atoms with Gasteiger partial charge in [-0.3, -0.25) is 0 Å². The fourth-order valence-electron chi connectivity index (χ4n) is 11.1. The first-order chi connectivity index (χ1) is 37.7. The molecule has 14 rings (SSSR count). The Kier molecular flexibility index (Phi) is 11.6. The summed E-state index contributed by atoms with van der Waals surface area (Å²) in [5.74, 6) is 0. The number of hydrogen-bond acceptors (Lipinski definition) is 4. The van der Waals surface area contributed by atoms with Crippen molar-refractivity contribution >= 4 is 97.1 Å². The molecule has 0 aliphatic carbocycles. The number of fused-ring (bicyclic) bond motifs is 6. The highest BCUT2D eigenvalue weighted by Gasteiger charge is 2.24. The lowest BCUT2D eigenvalue weighted by atomic mass is 9.88. The number of rotatable bonds is 11. The maximum Gasteiger partial charge on any atom is 0.0475 e. The molecule has 12 aromatic carbocycles. The lowest BCUT2D eigenvalue weighted by Gasteiger charge is -2.27. The standard InChI is InChI=1S/C72H48N2S2/c1-5-22-49(23-6-1)51-40-42-55(43-41-51)73(53-27-9-3-10-28-53)57-45-65(71-67(47-57)63-36-17-19-38-69(63)75-71)61-34-15-13-32-59(61)60-33-14-16-35-62(60)66-46-58(48-68-64-37-18-20-39-70(64)76-72(66)68)74(54-29-11-4-12-30-54)56-31-21-26-52(44-56)50-24-7-2-8-25-50/h1-48H. The Hall–Kier alpha value is -9.32. The van der Waals surface area contributed by atoms with Gasteiger partial charge in [0.15, 0.2) is 0 Å². The minimum Gasteiger partial charge on any atom is -0.310 e. The highest BCUT2D eigenvalue weighted by molar-refractivity contribution is 7.26. The second-order valence-electron chi connectivity index (χ2n) is 19.2. The predicted octanol–water partition coefficient (Wildman–Crippen LogP) is 21.7. The summed E-state index contributed by atoms with van der Waals surface area (Å²) < 4.78 is 5.08. The summed E-state index contributed by atoms with van der Waals surface area (Å²) in [6, 6.07) is 106. The molecule has 0 aliphatic heterocycles. The zero-order valence-electron chi connectivity index (χ0n) is 41.4. The molecule has 2 nitrogen and oxygen atoms in total. The van der Waals surface area contributed by atoms with Crippen molar-refractivity contribution < 1.29 is 0 Å². The summed E-state index contributed by atoms with van der Waals surface area (Å²) in [6.45, 7) is 0. The first-order valence-corrected chi connectivity index (χ1v) is 27.4. The molecule has 0 atom stereocenters. The number of benzene rings is 12. The number of anilines is 6. The van der Waals surface area contributed by atoms with E-state index in [0.717, 1.165) is 34.1 Å². The molecule has 0 unspecified atom stereocenters. The van der Waals surface area contributed by atoms with E-state index < -0.39 is 0 Å². The van der Waals surface area contributed by atoms with Crippen molar-refractivity contribution in [3.63, 3.8) is 0 Å². The Morgan fingerprint density at radius 2 is 0.539 bits per heavy atom. The fourth-order valence-corrected chi connectivity index (χ4v) is 13.5. The molecule has 0 saturated carbocycles. The summed E-state index contributed by atoms with van der Waals surface area (Å²) >= 11 is 3.76. The molecule has 0 spiro atoms. The average molecular weight is 1010 g/mol. The minimum atomic E-state index is 1.10. The van der Waals surface area contributed by atoms with E-state index in [1.807, 2.05) is 22.7 Å². The fraction of sp³-hybridized carbons (Fsp3) is 0. The van der Waals surface area contributed by atoms with Crippen LogP contribution >= 0.6 is 22.7 Å². The Morgan fingerprint density at radius 1 is 0.197 bits per heavy atom. The van der Waals surface area contributed by atoms with Gasteiger partial charge < -0.3 is 9.80 Å². The molecule has 0 aliphatic rings. The molecule has 4 heteroatoms. The predicted molar refractivity (Wildman–Crippen MR) is 329 cm³/mol. The number of thiophene rings is 2. The number of nitrogens with zero attached hydrogens (tertiary/aromatic N) is 2. The van der Waals surface area contributed by atoms with Gasteiger partial charge in [0.25, 0.3) is 0 Å². The molecule has 0 bridgehead atoms. The highest BCUT2D eigenvalue weighted by atomic mass is 32.1. The Labute approximate surface area is 450 Å². The molecule has 0 radical (unpaired) electrons. The van der Waals surface area contributed by atoms with Crippen LogP contribution in [0.5, 0.6) is 0 Å². The normalized spacial score (nSPS) is 11.4. The molecule has 0 fully saturated rings. The molecule has 14 aromatic rings. The van der Waals surface area contributed by atoms with Crippen LogP contribution < -0.4 is 9.80 Å². The van der Waals surface area contributed by atoms with Crippen LogP contribution in [-0.2, 0) is 0 Å². The van der Waals surface area contributed by atoms with Crippen molar-refractivity contribution in [3.8, 4) is 55.6 Å². The van der Waals surface area contributed by atoms with Crippen molar-refractivity contribution in [2.24, 2.45) is 0 Å². The van der Waals surface area contributed by atoms with Gasteiger partial charge in [0, 0.05) is 85.6 Å². The van der Waals surface area contributed by atoms with Gasteiger partial charge in [-0.2, -0.15) is 0 Å². The van der Waals surface area contributed by atoms with E-state index in [1.54, 1.807) is 0 Å². The van der Waals surface area contributed by atoms with Crippen molar-refractivity contribution in [2.45, 2.75) is 0 Å². The topological polar surface area (TPSA) is 6.48 Å². The summed E-state index contributed by atoms with van der Waals surface area (Å²) in [4.78, 5) is 4.84. The summed E-state index contributed by atoms with van der Waals surface area (Å²) in [5.41, 5.74) is 18.5. The van der Waals surface area contributed by atoms with Crippen LogP contribution in [0.3, 0.4) is 0 Å². The third-order valence-corrected chi connectivity index (χ3v) is 17.1. The Bertz CT molecular complexity index is 4390. The van der Waals surface area contributed by atoms with Crippen molar-refractivity contribution in [2.75, 3.05) is 9.80 Å². The van der Waals surface area contributed by atoms with E-state index in [4.69, 9.17) is 0 Å². The molecule has 2 heterocycles. The van der Waals surface area contributed by atoms with E-state index in [2.05, 4.69) is 301 Å². The maximum absolute atomic E-state index is 2.44.